The number of ether oxygens (including phenoxy) is 3. The molecule has 3 rings (SSSR count). The third-order valence-electron chi connectivity index (χ3n) is 5.94. The molecule has 2 amide bonds. The summed E-state index contributed by atoms with van der Waals surface area (Å²) in [7, 11) is 1.61. The van der Waals surface area contributed by atoms with Crippen molar-refractivity contribution in [1.29, 1.82) is 0 Å². The fourth-order valence-corrected chi connectivity index (χ4v) is 3.82. The molecule has 0 saturated heterocycles. The third kappa shape index (κ3) is 6.40. The second kappa shape index (κ2) is 11.6. The molecule has 0 saturated carbocycles. The van der Waals surface area contributed by atoms with Crippen LogP contribution in [-0.4, -0.2) is 42.7 Å². The Morgan fingerprint density at radius 2 is 1.85 bits per heavy atom. The zero-order chi connectivity index (χ0) is 23.8. The maximum atomic E-state index is 13.4. The Morgan fingerprint density at radius 3 is 2.58 bits per heavy atom. The Hall–Kier alpha value is -3.22. The molecule has 2 atom stereocenters. The van der Waals surface area contributed by atoms with Gasteiger partial charge >= 0.3 is 0 Å². The van der Waals surface area contributed by atoms with E-state index in [1.165, 1.54) is 0 Å². The van der Waals surface area contributed by atoms with E-state index in [4.69, 9.17) is 14.2 Å². The van der Waals surface area contributed by atoms with Gasteiger partial charge in [-0.1, -0.05) is 32.0 Å². The number of carbonyl (C=O) groups excluding carboxylic acids is 2. The van der Waals surface area contributed by atoms with Crippen molar-refractivity contribution in [1.82, 2.24) is 10.2 Å². The van der Waals surface area contributed by atoms with E-state index in [-0.39, 0.29) is 31.1 Å². The van der Waals surface area contributed by atoms with Crippen LogP contribution in [0.1, 0.15) is 51.2 Å². The first kappa shape index (κ1) is 24.4. The number of methoxy groups -OCH3 is 1. The van der Waals surface area contributed by atoms with Crippen LogP contribution < -0.4 is 19.5 Å². The van der Waals surface area contributed by atoms with Crippen molar-refractivity contribution in [2.24, 2.45) is 0 Å². The van der Waals surface area contributed by atoms with Crippen molar-refractivity contribution in [3.05, 3.63) is 53.6 Å². The monoisotopic (exact) mass is 454 g/mol. The molecule has 1 heterocycles. The van der Waals surface area contributed by atoms with Crippen molar-refractivity contribution in [3.63, 3.8) is 0 Å². The number of hydrogen-bond acceptors (Lipinski definition) is 5. The molecular weight excluding hydrogens is 420 g/mol. The van der Waals surface area contributed by atoms with Gasteiger partial charge in [-0.25, -0.2) is 0 Å². The van der Waals surface area contributed by atoms with Crippen LogP contribution in [-0.2, 0) is 22.6 Å². The highest BCUT2D eigenvalue weighted by atomic mass is 16.7. The van der Waals surface area contributed by atoms with E-state index < -0.39 is 6.04 Å². The first-order valence-electron chi connectivity index (χ1n) is 11.6. The van der Waals surface area contributed by atoms with E-state index in [0.717, 1.165) is 29.0 Å². The Balaban J connectivity index is 1.77. The summed E-state index contributed by atoms with van der Waals surface area (Å²) >= 11 is 0. The maximum Gasteiger partial charge on any atom is 0.243 e. The maximum absolute atomic E-state index is 13.4. The van der Waals surface area contributed by atoms with E-state index in [0.29, 0.717) is 25.1 Å². The lowest BCUT2D eigenvalue weighted by atomic mass is 10.1. The largest absolute Gasteiger partial charge is 0.497 e. The van der Waals surface area contributed by atoms with E-state index >= 15 is 0 Å². The summed E-state index contributed by atoms with van der Waals surface area (Å²) in [5.74, 6) is 1.95. The summed E-state index contributed by atoms with van der Waals surface area (Å²) in [6, 6.07) is 12.8. The topological polar surface area (TPSA) is 77.1 Å². The normalized spacial score (nSPS) is 13.8. The second-order valence-corrected chi connectivity index (χ2v) is 8.30. The van der Waals surface area contributed by atoms with Crippen LogP contribution in [0.4, 0.5) is 0 Å². The molecule has 0 unspecified atom stereocenters. The fraction of sp³-hybridized carbons (Fsp3) is 0.462. The molecule has 7 nitrogen and oxygen atoms in total. The molecule has 0 aromatic heterocycles. The molecule has 0 spiro atoms. The number of hydrogen-bond donors (Lipinski definition) is 1. The lowest BCUT2D eigenvalue weighted by Gasteiger charge is -2.31. The van der Waals surface area contributed by atoms with Gasteiger partial charge in [-0.15, -0.1) is 0 Å². The van der Waals surface area contributed by atoms with Crippen molar-refractivity contribution >= 4 is 11.8 Å². The molecule has 0 radical (unpaired) electrons. The van der Waals surface area contributed by atoms with Crippen molar-refractivity contribution in [3.8, 4) is 17.2 Å². The van der Waals surface area contributed by atoms with Crippen LogP contribution >= 0.6 is 0 Å². The predicted molar refractivity (Wildman–Crippen MR) is 126 cm³/mol. The number of nitrogens with zero attached hydrogens (tertiary/aromatic N) is 1. The minimum atomic E-state index is -0.547. The molecule has 2 aromatic carbocycles. The highest BCUT2D eigenvalue weighted by Crippen LogP contribution is 2.33. The molecule has 0 bridgehead atoms. The molecule has 7 heteroatoms. The Labute approximate surface area is 196 Å². The molecule has 1 aliphatic heterocycles. The number of amides is 2. The van der Waals surface area contributed by atoms with Gasteiger partial charge in [0.2, 0.25) is 18.6 Å². The number of aryl methyl sites for hydroxylation is 1. The van der Waals surface area contributed by atoms with Gasteiger partial charge in [0.05, 0.1) is 7.11 Å². The van der Waals surface area contributed by atoms with Crippen LogP contribution in [0.25, 0.3) is 0 Å². The number of fused-ring (bicyclic) bond motifs is 1. The minimum Gasteiger partial charge on any atom is -0.497 e. The predicted octanol–water partition coefficient (Wildman–Crippen LogP) is 4.08. The average molecular weight is 455 g/mol. The molecule has 1 N–H and O–H groups in total. The van der Waals surface area contributed by atoms with Gasteiger partial charge in [0.15, 0.2) is 11.5 Å². The van der Waals surface area contributed by atoms with Crippen LogP contribution in [0.2, 0.25) is 0 Å². The van der Waals surface area contributed by atoms with Crippen LogP contribution in [0.5, 0.6) is 17.2 Å². The van der Waals surface area contributed by atoms with Crippen LogP contribution in [0.15, 0.2) is 42.5 Å². The second-order valence-electron chi connectivity index (χ2n) is 8.30. The Morgan fingerprint density at radius 1 is 1.06 bits per heavy atom. The summed E-state index contributed by atoms with van der Waals surface area (Å²) in [5.41, 5.74) is 1.91. The zero-order valence-corrected chi connectivity index (χ0v) is 19.9. The van der Waals surface area contributed by atoms with Crippen molar-refractivity contribution in [2.45, 2.75) is 65.1 Å². The summed E-state index contributed by atoms with van der Waals surface area (Å²) in [5, 5.41) is 3.04. The lowest BCUT2D eigenvalue weighted by molar-refractivity contribution is -0.141. The number of benzene rings is 2. The van der Waals surface area contributed by atoms with Crippen LogP contribution in [0, 0.1) is 0 Å². The summed E-state index contributed by atoms with van der Waals surface area (Å²) in [6.07, 6.45) is 2.20. The van der Waals surface area contributed by atoms with Gasteiger partial charge in [-0.05, 0) is 61.6 Å². The zero-order valence-electron chi connectivity index (χ0n) is 19.9. The molecule has 0 aliphatic carbocycles. The number of carbonyl (C=O) groups is 2. The molecule has 2 aromatic rings. The lowest BCUT2D eigenvalue weighted by Crippen LogP contribution is -2.50. The molecule has 33 heavy (non-hydrogen) atoms. The average Bonchev–Trinajstić information content (AvgIpc) is 3.30. The standard InChI is InChI=1S/C26H34N2O5/c1-5-18(3)27-26(30)22(6-2)28(16-20-8-7-9-21(14-20)31-4)25(29)13-11-19-10-12-23-24(15-19)33-17-32-23/h7-10,12,14-15,18,22H,5-6,11,13,16-17H2,1-4H3,(H,27,30)/t18-,22-/m1/s1. The quantitative estimate of drug-likeness (QED) is 0.554. The van der Waals surface area contributed by atoms with Gasteiger partial charge in [0, 0.05) is 19.0 Å². The minimum absolute atomic E-state index is 0.0500. The first-order chi connectivity index (χ1) is 15.9. The summed E-state index contributed by atoms with van der Waals surface area (Å²) in [6.45, 7) is 6.48. The van der Waals surface area contributed by atoms with E-state index in [1.807, 2.05) is 63.2 Å². The smallest absolute Gasteiger partial charge is 0.243 e. The molecule has 1 aliphatic rings. The van der Waals surface area contributed by atoms with Crippen molar-refractivity contribution < 1.29 is 23.8 Å². The van der Waals surface area contributed by atoms with Gasteiger partial charge in [-0.3, -0.25) is 9.59 Å². The SMILES string of the molecule is CC[C@@H](C)NC(=O)[C@@H](CC)N(Cc1cccc(OC)c1)C(=O)CCc1ccc2c(c1)OCO2. The Bertz CT molecular complexity index is 961. The van der Waals surface area contributed by atoms with E-state index in [2.05, 4.69) is 5.32 Å². The van der Waals surface area contributed by atoms with Gasteiger partial charge in [0.1, 0.15) is 11.8 Å². The van der Waals surface area contributed by atoms with Gasteiger partial charge < -0.3 is 24.4 Å². The van der Waals surface area contributed by atoms with Crippen LogP contribution in [0.3, 0.4) is 0 Å². The van der Waals surface area contributed by atoms with Gasteiger partial charge in [0.25, 0.3) is 0 Å². The van der Waals surface area contributed by atoms with E-state index in [9.17, 15) is 9.59 Å². The number of nitrogens with one attached hydrogen (secondary N) is 1. The highest BCUT2D eigenvalue weighted by molar-refractivity contribution is 5.88. The first-order valence-corrected chi connectivity index (χ1v) is 11.6. The third-order valence-corrected chi connectivity index (χ3v) is 5.94. The molecule has 0 fully saturated rings. The number of rotatable bonds is 11. The Kier molecular flexibility index (Phi) is 8.58. The molecular formula is C26H34N2O5. The van der Waals surface area contributed by atoms with E-state index in [1.54, 1.807) is 12.0 Å². The highest BCUT2D eigenvalue weighted by Gasteiger charge is 2.29. The summed E-state index contributed by atoms with van der Waals surface area (Å²) in [4.78, 5) is 28.2. The fourth-order valence-electron chi connectivity index (χ4n) is 3.82. The van der Waals surface area contributed by atoms with Gasteiger partial charge in [-0.2, -0.15) is 0 Å². The van der Waals surface area contributed by atoms with Crippen molar-refractivity contribution in [2.75, 3.05) is 13.9 Å². The molecule has 178 valence electrons. The summed E-state index contributed by atoms with van der Waals surface area (Å²) < 4.78 is 16.1.